The first-order chi connectivity index (χ1) is 10.1. The summed E-state index contributed by atoms with van der Waals surface area (Å²) in [6.07, 6.45) is -0.569. The molecule has 2 N–H and O–H groups in total. The number of halogens is 2. The van der Waals surface area contributed by atoms with Crippen molar-refractivity contribution in [1.82, 2.24) is 5.32 Å². The van der Waals surface area contributed by atoms with E-state index in [4.69, 9.17) is 33.0 Å². The number of hydrogen-bond donors (Lipinski definition) is 2. The van der Waals surface area contributed by atoms with Crippen molar-refractivity contribution < 1.29 is 19.4 Å². The van der Waals surface area contributed by atoms with Crippen LogP contribution in [0.1, 0.15) is 32.8 Å². The molecule has 1 aromatic carbocycles. The lowest BCUT2D eigenvalue weighted by Gasteiger charge is -2.23. The van der Waals surface area contributed by atoms with Gasteiger partial charge in [0.05, 0.1) is 16.5 Å². The van der Waals surface area contributed by atoms with Crippen molar-refractivity contribution >= 4 is 35.3 Å². The van der Waals surface area contributed by atoms with Crippen LogP contribution in [0.15, 0.2) is 18.2 Å². The molecule has 1 atom stereocenters. The summed E-state index contributed by atoms with van der Waals surface area (Å²) in [6.45, 7) is 5.20. The summed E-state index contributed by atoms with van der Waals surface area (Å²) < 4.78 is 5.14. The fourth-order valence-corrected chi connectivity index (χ4v) is 2.13. The number of ether oxygens (including phenoxy) is 1. The third-order valence-electron chi connectivity index (χ3n) is 2.61. The first kappa shape index (κ1) is 18.6. The average Bonchev–Trinajstić information content (AvgIpc) is 2.30. The Kier molecular flexibility index (Phi) is 6.50. The number of benzene rings is 1. The van der Waals surface area contributed by atoms with Crippen molar-refractivity contribution in [2.24, 2.45) is 0 Å². The minimum Gasteiger partial charge on any atom is -0.481 e. The zero-order chi connectivity index (χ0) is 16.9. The van der Waals surface area contributed by atoms with Crippen LogP contribution in [-0.4, -0.2) is 28.8 Å². The van der Waals surface area contributed by atoms with Crippen LogP contribution in [-0.2, 0) is 16.0 Å². The molecule has 0 bridgehead atoms. The molecule has 0 aliphatic rings. The highest BCUT2D eigenvalue weighted by atomic mass is 35.5. The lowest BCUT2D eigenvalue weighted by molar-refractivity contribution is -0.137. The van der Waals surface area contributed by atoms with E-state index in [1.807, 2.05) is 0 Å². The summed E-state index contributed by atoms with van der Waals surface area (Å²) in [5.74, 6) is -1.01. The van der Waals surface area contributed by atoms with E-state index in [0.29, 0.717) is 16.5 Å². The van der Waals surface area contributed by atoms with Gasteiger partial charge in [0.1, 0.15) is 5.60 Å². The smallest absolute Gasteiger partial charge is 0.407 e. The fourth-order valence-electron chi connectivity index (χ4n) is 1.81. The Hall–Kier alpha value is -1.46. The molecule has 0 heterocycles. The third kappa shape index (κ3) is 7.00. The van der Waals surface area contributed by atoms with Crippen molar-refractivity contribution in [2.45, 2.75) is 45.3 Å². The fraction of sp³-hybridized carbons (Fsp3) is 0.467. The van der Waals surface area contributed by atoms with E-state index in [9.17, 15) is 9.59 Å². The summed E-state index contributed by atoms with van der Waals surface area (Å²) in [5.41, 5.74) is 0.123. The molecule has 122 valence electrons. The van der Waals surface area contributed by atoms with Crippen LogP contribution in [0, 0.1) is 0 Å². The molecule has 0 aliphatic carbocycles. The Bertz CT molecular complexity index is 555. The molecule has 0 saturated heterocycles. The number of rotatable bonds is 5. The van der Waals surface area contributed by atoms with Gasteiger partial charge < -0.3 is 15.2 Å². The molecule has 0 spiro atoms. The minimum absolute atomic E-state index is 0.223. The summed E-state index contributed by atoms with van der Waals surface area (Å²) in [7, 11) is 0. The second-order valence-electron chi connectivity index (χ2n) is 5.89. The van der Waals surface area contributed by atoms with Gasteiger partial charge in [-0.15, -0.1) is 0 Å². The number of amides is 1. The number of alkyl carbamates (subject to hydrolysis) is 1. The maximum Gasteiger partial charge on any atom is 0.407 e. The van der Waals surface area contributed by atoms with E-state index < -0.39 is 23.7 Å². The highest BCUT2D eigenvalue weighted by molar-refractivity contribution is 6.42. The molecule has 1 rings (SSSR count). The second-order valence-corrected chi connectivity index (χ2v) is 6.71. The van der Waals surface area contributed by atoms with Gasteiger partial charge in [-0.3, -0.25) is 4.79 Å². The molecule has 7 heteroatoms. The Morgan fingerprint density at radius 1 is 1.27 bits per heavy atom. The maximum absolute atomic E-state index is 11.8. The van der Waals surface area contributed by atoms with E-state index in [2.05, 4.69) is 5.32 Å². The van der Waals surface area contributed by atoms with Crippen LogP contribution in [0.4, 0.5) is 4.79 Å². The Morgan fingerprint density at radius 3 is 2.41 bits per heavy atom. The van der Waals surface area contributed by atoms with Crippen molar-refractivity contribution in [1.29, 1.82) is 0 Å². The van der Waals surface area contributed by atoms with E-state index in [1.165, 1.54) is 0 Å². The molecule has 0 aromatic heterocycles. The molecule has 0 fully saturated rings. The van der Waals surface area contributed by atoms with Crippen LogP contribution in [0.25, 0.3) is 0 Å². The molecule has 1 aromatic rings. The summed E-state index contributed by atoms with van der Waals surface area (Å²) in [5, 5.41) is 12.3. The molecule has 5 nitrogen and oxygen atoms in total. The lowest BCUT2D eigenvalue weighted by atomic mass is 10.0. The topological polar surface area (TPSA) is 75.6 Å². The molecule has 0 radical (unpaired) electrons. The van der Waals surface area contributed by atoms with Crippen LogP contribution >= 0.6 is 23.2 Å². The standard InChI is InChI=1S/C15H19Cl2NO4/c1-15(2,3)22-14(21)18-10(8-13(19)20)6-9-4-5-11(16)12(17)7-9/h4-5,7,10H,6,8H2,1-3H3,(H,18,21)(H,19,20). The number of aliphatic carboxylic acids is 1. The van der Waals surface area contributed by atoms with E-state index in [0.717, 1.165) is 5.56 Å². The molecule has 1 unspecified atom stereocenters. The number of carboxylic acids is 1. The number of hydrogen-bond acceptors (Lipinski definition) is 3. The van der Waals surface area contributed by atoms with Crippen molar-refractivity contribution in [3.63, 3.8) is 0 Å². The van der Waals surface area contributed by atoms with Crippen LogP contribution < -0.4 is 5.32 Å². The van der Waals surface area contributed by atoms with Gasteiger partial charge in [0.25, 0.3) is 0 Å². The SMILES string of the molecule is CC(C)(C)OC(=O)NC(CC(=O)O)Cc1ccc(Cl)c(Cl)c1. The summed E-state index contributed by atoms with van der Waals surface area (Å²) in [4.78, 5) is 22.7. The van der Waals surface area contributed by atoms with Crippen molar-refractivity contribution in [3.8, 4) is 0 Å². The molecule has 1 amide bonds. The van der Waals surface area contributed by atoms with E-state index in [-0.39, 0.29) is 6.42 Å². The van der Waals surface area contributed by atoms with Crippen molar-refractivity contribution in [2.75, 3.05) is 0 Å². The largest absolute Gasteiger partial charge is 0.481 e. The molecule has 0 saturated carbocycles. The zero-order valence-electron chi connectivity index (χ0n) is 12.7. The Labute approximate surface area is 139 Å². The number of carboxylic acid groups (broad SMARTS) is 1. The van der Waals surface area contributed by atoms with Gasteiger partial charge in [-0.1, -0.05) is 29.3 Å². The van der Waals surface area contributed by atoms with E-state index in [1.54, 1.807) is 39.0 Å². The molecular weight excluding hydrogens is 329 g/mol. The van der Waals surface area contributed by atoms with Crippen LogP contribution in [0.5, 0.6) is 0 Å². The van der Waals surface area contributed by atoms with Crippen LogP contribution in [0.2, 0.25) is 10.0 Å². The van der Waals surface area contributed by atoms with Gasteiger partial charge in [0.2, 0.25) is 0 Å². The first-order valence-electron chi connectivity index (χ1n) is 6.72. The monoisotopic (exact) mass is 347 g/mol. The summed E-state index contributed by atoms with van der Waals surface area (Å²) in [6, 6.07) is 4.41. The zero-order valence-corrected chi connectivity index (χ0v) is 14.2. The molecule has 0 aliphatic heterocycles. The predicted molar refractivity (Wildman–Crippen MR) is 85.6 cm³/mol. The number of carbonyl (C=O) groups excluding carboxylic acids is 1. The maximum atomic E-state index is 11.8. The number of nitrogens with one attached hydrogen (secondary N) is 1. The van der Waals surface area contributed by atoms with Crippen molar-refractivity contribution in [3.05, 3.63) is 33.8 Å². The van der Waals surface area contributed by atoms with Gasteiger partial charge in [-0.05, 0) is 44.9 Å². The first-order valence-corrected chi connectivity index (χ1v) is 7.47. The second kappa shape index (κ2) is 7.70. The highest BCUT2D eigenvalue weighted by Crippen LogP contribution is 2.23. The quantitative estimate of drug-likeness (QED) is 0.846. The van der Waals surface area contributed by atoms with Gasteiger partial charge in [0, 0.05) is 6.04 Å². The predicted octanol–water partition coefficient (Wildman–Crippen LogP) is 3.90. The Morgan fingerprint density at radius 2 is 1.91 bits per heavy atom. The number of carbonyl (C=O) groups is 2. The van der Waals surface area contributed by atoms with E-state index >= 15 is 0 Å². The van der Waals surface area contributed by atoms with Crippen LogP contribution in [0.3, 0.4) is 0 Å². The summed E-state index contributed by atoms with van der Waals surface area (Å²) >= 11 is 11.8. The van der Waals surface area contributed by atoms with Gasteiger partial charge in [0.15, 0.2) is 0 Å². The van der Waals surface area contributed by atoms with Gasteiger partial charge in [-0.2, -0.15) is 0 Å². The molecule has 22 heavy (non-hydrogen) atoms. The van der Waals surface area contributed by atoms with Gasteiger partial charge in [-0.25, -0.2) is 4.79 Å². The normalized spacial score (nSPS) is 12.6. The highest BCUT2D eigenvalue weighted by Gasteiger charge is 2.21. The third-order valence-corrected chi connectivity index (χ3v) is 3.35. The van der Waals surface area contributed by atoms with Gasteiger partial charge >= 0.3 is 12.1 Å². The lowest BCUT2D eigenvalue weighted by Crippen LogP contribution is -2.41. The molecular formula is C15H19Cl2NO4. The Balaban J connectivity index is 2.77. The average molecular weight is 348 g/mol. The minimum atomic E-state index is -1.01.